The van der Waals surface area contributed by atoms with Crippen molar-refractivity contribution in [3.05, 3.63) is 53.6 Å². The zero-order valence-electron chi connectivity index (χ0n) is 20.3. The molecule has 4 rings (SSSR count). The van der Waals surface area contributed by atoms with Crippen molar-refractivity contribution in [2.45, 2.75) is 0 Å². The number of hydrogen-bond acceptors (Lipinski definition) is 11. The van der Waals surface area contributed by atoms with Crippen LogP contribution in [0.5, 0.6) is 5.75 Å². The second-order valence-electron chi connectivity index (χ2n) is 7.82. The number of nitrogens with two attached hydrogens (primary N) is 1. The first kappa shape index (κ1) is 28.3. The maximum absolute atomic E-state index is 14.7. The topological polar surface area (TPSA) is 212 Å². The second-order valence-corrected chi connectivity index (χ2v) is 10.4. The highest BCUT2D eigenvalue weighted by Crippen LogP contribution is 2.35. The fourth-order valence-corrected chi connectivity index (χ4v) is 4.34. The fraction of sp³-hybridized carbons (Fsp3) is 0.136. The minimum absolute atomic E-state index is 0.0212. The lowest BCUT2D eigenvalue weighted by atomic mass is 10.1. The molecule has 0 aliphatic rings. The molecule has 4 aromatic rings. The maximum atomic E-state index is 14.7. The molecular formula is C22H19F2N7O7S2. The van der Waals surface area contributed by atoms with Gasteiger partial charge in [-0.1, -0.05) is 22.6 Å². The number of nitrogens with one attached hydrogen (secondary N) is 3. The van der Waals surface area contributed by atoms with Crippen molar-refractivity contribution in [3.63, 3.8) is 0 Å². The number of nitrogens with zero attached hydrogens (tertiary/aromatic N) is 3. The van der Waals surface area contributed by atoms with E-state index in [1.807, 2.05) is 0 Å². The van der Waals surface area contributed by atoms with Gasteiger partial charge in [-0.2, -0.15) is 13.4 Å². The molecule has 14 nitrogen and oxygen atoms in total. The number of halogens is 2. The lowest BCUT2D eigenvalue weighted by molar-refractivity contribution is 0.102. The first-order valence-corrected chi connectivity index (χ1v) is 13.4. The number of hydrogen-bond donors (Lipinski definition) is 5. The molecule has 2 aromatic heterocycles. The van der Waals surface area contributed by atoms with Crippen LogP contribution in [0.4, 0.5) is 30.2 Å². The highest BCUT2D eigenvalue weighted by molar-refractivity contribution is 7.85. The van der Waals surface area contributed by atoms with E-state index < -0.39 is 39.4 Å². The minimum Gasteiger partial charge on any atom is -0.497 e. The molecule has 40 heavy (non-hydrogen) atoms. The standard InChI is InChI=1S/C22H19F2N7O7S2/c1-37-11-4-2-3-10(7-11)19(32)27-15-8-12(13(23)9-14(15)24)18-29-20(38-31-18)16-17(25)28-22(39-16)30-21(33)26-5-6-40(34,35)36/h2-4,7-9H,5-6,25H2,1H3,(H,27,32)(H,34,35,36)(H2,26,28,30,33). The first-order valence-electron chi connectivity index (χ1n) is 11.0. The summed E-state index contributed by atoms with van der Waals surface area (Å²) in [5, 5.41) is 10.6. The lowest BCUT2D eigenvalue weighted by Gasteiger charge is -2.09. The molecule has 0 saturated carbocycles. The van der Waals surface area contributed by atoms with Gasteiger partial charge in [0.05, 0.1) is 24.1 Å². The van der Waals surface area contributed by atoms with Crippen LogP contribution in [0, 0.1) is 11.6 Å². The number of ether oxygens (including phenoxy) is 1. The van der Waals surface area contributed by atoms with Gasteiger partial charge in [0.15, 0.2) is 5.13 Å². The summed E-state index contributed by atoms with van der Waals surface area (Å²) in [6.07, 6.45) is 0. The number of nitrogen functional groups attached to an aromatic ring is 1. The Morgan fingerprint density at radius 2 is 1.93 bits per heavy atom. The molecule has 18 heteroatoms. The highest BCUT2D eigenvalue weighted by Gasteiger charge is 2.22. The van der Waals surface area contributed by atoms with Crippen LogP contribution in [0.1, 0.15) is 10.4 Å². The van der Waals surface area contributed by atoms with Gasteiger partial charge in [0.2, 0.25) is 5.82 Å². The minimum atomic E-state index is -4.26. The van der Waals surface area contributed by atoms with Crippen LogP contribution in [0.2, 0.25) is 0 Å². The Labute approximate surface area is 228 Å². The molecule has 0 radical (unpaired) electrons. The molecule has 2 heterocycles. The average Bonchev–Trinajstić information content (AvgIpc) is 3.51. The molecule has 0 atom stereocenters. The van der Waals surface area contributed by atoms with Crippen LogP contribution in [-0.2, 0) is 10.1 Å². The summed E-state index contributed by atoms with van der Waals surface area (Å²) < 4.78 is 69.5. The van der Waals surface area contributed by atoms with Gasteiger partial charge in [0.1, 0.15) is 28.1 Å². The van der Waals surface area contributed by atoms with Crippen LogP contribution in [0.3, 0.4) is 0 Å². The zero-order valence-corrected chi connectivity index (χ0v) is 21.9. The maximum Gasteiger partial charge on any atom is 0.321 e. The van der Waals surface area contributed by atoms with Crippen LogP contribution in [0.25, 0.3) is 22.2 Å². The molecule has 2 aromatic carbocycles. The van der Waals surface area contributed by atoms with Crippen molar-refractivity contribution in [3.8, 4) is 27.9 Å². The summed E-state index contributed by atoms with van der Waals surface area (Å²) in [6, 6.07) is 6.84. The quantitative estimate of drug-likeness (QED) is 0.177. The van der Waals surface area contributed by atoms with E-state index in [9.17, 15) is 26.8 Å². The van der Waals surface area contributed by atoms with Gasteiger partial charge in [-0.15, -0.1) is 0 Å². The van der Waals surface area contributed by atoms with Gasteiger partial charge >= 0.3 is 6.03 Å². The Kier molecular flexibility index (Phi) is 8.21. The van der Waals surface area contributed by atoms with Crippen LogP contribution in [-0.4, -0.2) is 59.4 Å². The summed E-state index contributed by atoms with van der Waals surface area (Å²) in [6.45, 7) is -0.364. The number of carbonyl (C=O) groups is 2. The van der Waals surface area contributed by atoms with E-state index >= 15 is 0 Å². The molecule has 0 bridgehead atoms. The SMILES string of the molecule is COc1cccc(C(=O)Nc2cc(-c3noc(-c4sc(NC(=O)NCCS(=O)(=O)O)nc4N)n3)c(F)cc2F)c1. The van der Waals surface area contributed by atoms with Gasteiger partial charge in [-0.05, 0) is 24.3 Å². The summed E-state index contributed by atoms with van der Waals surface area (Å²) in [4.78, 5) is 32.6. The molecule has 210 valence electrons. The van der Waals surface area contributed by atoms with E-state index in [2.05, 4.69) is 31.1 Å². The molecule has 0 aliphatic heterocycles. The lowest BCUT2D eigenvalue weighted by Crippen LogP contribution is -2.32. The van der Waals surface area contributed by atoms with Crippen molar-refractivity contribution in [2.75, 3.05) is 35.8 Å². The number of rotatable bonds is 9. The average molecular weight is 596 g/mol. The van der Waals surface area contributed by atoms with E-state index in [0.717, 1.165) is 17.4 Å². The second kappa shape index (κ2) is 11.6. The van der Waals surface area contributed by atoms with Crippen molar-refractivity contribution >= 4 is 50.0 Å². The summed E-state index contributed by atoms with van der Waals surface area (Å²) in [5.74, 6) is -3.66. The summed E-state index contributed by atoms with van der Waals surface area (Å²) in [7, 11) is -2.83. The number of amides is 3. The van der Waals surface area contributed by atoms with E-state index in [0.29, 0.717) is 11.8 Å². The Hall–Kier alpha value is -4.68. The van der Waals surface area contributed by atoms with Crippen LogP contribution >= 0.6 is 11.3 Å². The van der Waals surface area contributed by atoms with E-state index in [1.54, 1.807) is 12.1 Å². The zero-order chi connectivity index (χ0) is 29.0. The van der Waals surface area contributed by atoms with Gasteiger partial charge in [-0.25, -0.2) is 18.6 Å². The third-order valence-corrected chi connectivity index (χ3v) is 6.71. The van der Waals surface area contributed by atoms with E-state index in [4.69, 9.17) is 19.5 Å². The Bertz CT molecular complexity index is 1690. The Balaban J connectivity index is 1.51. The smallest absolute Gasteiger partial charge is 0.321 e. The molecule has 3 amide bonds. The number of aromatic nitrogens is 3. The van der Waals surface area contributed by atoms with Crippen molar-refractivity contribution in [2.24, 2.45) is 0 Å². The van der Waals surface area contributed by atoms with Crippen LogP contribution in [0.15, 0.2) is 40.9 Å². The Morgan fingerprint density at radius 1 is 1.15 bits per heavy atom. The number of anilines is 3. The molecule has 0 saturated heterocycles. The van der Waals surface area contributed by atoms with Crippen molar-refractivity contribution in [1.82, 2.24) is 20.4 Å². The predicted octanol–water partition coefficient (Wildman–Crippen LogP) is 2.99. The Morgan fingerprint density at radius 3 is 2.65 bits per heavy atom. The molecule has 0 fully saturated rings. The number of urea groups is 1. The number of carbonyl (C=O) groups excluding carboxylic acids is 2. The number of methoxy groups -OCH3 is 1. The van der Waals surface area contributed by atoms with Crippen molar-refractivity contribution < 1.29 is 40.6 Å². The van der Waals surface area contributed by atoms with Crippen LogP contribution < -0.4 is 26.4 Å². The van der Waals surface area contributed by atoms with Crippen molar-refractivity contribution in [1.29, 1.82) is 0 Å². The van der Waals surface area contributed by atoms with Gasteiger partial charge in [0, 0.05) is 18.2 Å². The highest BCUT2D eigenvalue weighted by atomic mass is 32.2. The summed E-state index contributed by atoms with van der Waals surface area (Å²) in [5.41, 5.74) is 5.39. The molecular weight excluding hydrogens is 576 g/mol. The van der Waals surface area contributed by atoms with Gasteiger partial charge < -0.3 is 25.6 Å². The number of benzene rings is 2. The third kappa shape index (κ3) is 6.84. The largest absolute Gasteiger partial charge is 0.497 e. The summed E-state index contributed by atoms with van der Waals surface area (Å²) >= 11 is 0.814. The monoisotopic (exact) mass is 595 g/mol. The van der Waals surface area contributed by atoms with E-state index in [1.165, 1.54) is 19.2 Å². The van der Waals surface area contributed by atoms with E-state index in [-0.39, 0.29) is 50.9 Å². The molecule has 0 spiro atoms. The first-order chi connectivity index (χ1) is 18.9. The fourth-order valence-electron chi connectivity index (χ4n) is 3.17. The molecule has 6 N–H and O–H groups in total. The third-order valence-electron chi connectivity index (χ3n) is 5.02. The molecule has 0 aliphatic carbocycles. The normalized spacial score (nSPS) is 11.2. The number of thiazole rings is 1. The molecule has 0 unspecified atom stereocenters. The van der Waals surface area contributed by atoms with Gasteiger partial charge in [0.25, 0.3) is 21.9 Å². The van der Waals surface area contributed by atoms with Gasteiger partial charge in [-0.3, -0.25) is 14.7 Å². The predicted molar refractivity (Wildman–Crippen MR) is 140 cm³/mol.